The Morgan fingerprint density at radius 1 is 1.79 bits per heavy atom. The Hall–Kier alpha value is -1.36. The Labute approximate surface area is 83.3 Å². The second kappa shape index (κ2) is 4.23. The molecular weight excluding hydrogens is 180 g/mol. The quantitative estimate of drug-likeness (QED) is 0.735. The smallest absolute Gasteiger partial charge is 0.242 e. The zero-order valence-electron chi connectivity index (χ0n) is 8.74. The van der Waals surface area contributed by atoms with Crippen LogP contribution in [0.15, 0.2) is 6.07 Å². The van der Waals surface area contributed by atoms with Crippen LogP contribution in [0.4, 0.5) is 5.82 Å². The maximum atomic E-state index is 11.4. The van der Waals surface area contributed by atoms with E-state index in [-0.39, 0.29) is 5.91 Å². The van der Waals surface area contributed by atoms with Crippen LogP contribution in [0.3, 0.4) is 0 Å². The highest BCUT2D eigenvalue weighted by molar-refractivity contribution is 5.93. The second-order valence-electron chi connectivity index (χ2n) is 3.30. The summed E-state index contributed by atoms with van der Waals surface area (Å²) in [7, 11) is 1.82. The van der Waals surface area contributed by atoms with Gasteiger partial charge in [-0.15, -0.1) is 0 Å². The molecule has 0 spiro atoms. The molecule has 1 aromatic heterocycles. The fourth-order valence-electron chi connectivity index (χ4n) is 1.03. The van der Waals surface area contributed by atoms with Crippen molar-refractivity contribution in [1.82, 2.24) is 9.78 Å². The molecule has 0 aliphatic carbocycles. The minimum absolute atomic E-state index is 0.189. The average Bonchev–Trinajstić information content (AvgIpc) is 2.44. The molecule has 0 saturated heterocycles. The van der Waals surface area contributed by atoms with E-state index in [2.05, 4.69) is 10.4 Å². The SMILES string of the molecule is CCC(N)C(=O)Nc1cc(C)n(C)n1. The van der Waals surface area contributed by atoms with Crippen molar-refractivity contribution >= 4 is 11.7 Å². The lowest BCUT2D eigenvalue weighted by molar-refractivity contribution is -0.117. The molecule has 14 heavy (non-hydrogen) atoms. The number of aromatic nitrogens is 2. The molecule has 5 heteroatoms. The third-order valence-electron chi connectivity index (χ3n) is 2.14. The fraction of sp³-hybridized carbons (Fsp3) is 0.556. The molecular formula is C9H16N4O. The molecule has 0 radical (unpaired) electrons. The summed E-state index contributed by atoms with van der Waals surface area (Å²) in [5.74, 6) is 0.365. The zero-order chi connectivity index (χ0) is 10.7. The van der Waals surface area contributed by atoms with E-state index < -0.39 is 6.04 Å². The normalized spacial score (nSPS) is 12.6. The lowest BCUT2D eigenvalue weighted by atomic mass is 10.2. The van der Waals surface area contributed by atoms with Crippen molar-refractivity contribution in [3.63, 3.8) is 0 Å². The van der Waals surface area contributed by atoms with E-state index in [4.69, 9.17) is 5.73 Å². The first-order chi connectivity index (χ1) is 6.54. The van der Waals surface area contributed by atoms with E-state index in [1.807, 2.05) is 20.9 Å². The van der Waals surface area contributed by atoms with Crippen molar-refractivity contribution in [2.45, 2.75) is 26.3 Å². The van der Waals surface area contributed by atoms with Gasteiger partial charge in [0.1, 0.15) is 0 Å². The predicted octanol–water partition coefficient (Wildman–Crippen LogP) is 0.404. The monoisotopic (exact) mass is 196 g/mol. The van der Waals surface area contributed by atoms with Crippen LogP contribution in [0.25, 0.3) is 0 Å². The third-order valence-corrected chi connectivity index (χ3v) is 2.14. The van der Waals surface area contributed by atoms with Crippen LogP contribution in [0.5, 0.6) is 0 Å². The Morgan fingerprint density at radius 3 is 2.86 bits per heavy atom. The van der Waals surface area contributed by atoms with E-state index in [0.717, 1.165) is 5.69 Å². The van der Waals surface area contributed by atoms with Gasteiger partial charge < -0.3 is 11.1 Å². The van der Waals surface area contributed by atoms with Gasteiger partial charge in [-0.2, -0.15) is 5.10 Å². The summed E-state index contributed by atoms with van der Waals surface area (Å²) < 4.78 is 1.70. The van der Waals surface area contributed by atoms with Crippen molar-refractivity contribution < 1.29 is 4.79 Å². The van der Waals surface area contributed by atoms with Crippen LogP contribution in [0, 0.1) is 6.92 Å². The van der Waals surface area contributed by atoms with E-state index in [1.54, 1.807) is 10.7 Å². The van der Waals surface area contributed by atoms with Gasteiger partial charge in [0.2, 0.25) is 5.91 Å². The van der Waals surface area contributed by atoms with Gasteiger partial charge in [0.05, 0.1) is 6.04 Å². The van der Waals surface area contributed by atoms with Crippen molar-refractivity contribution in [3.05, 3.63) is 11.8 Å². The molecule has 1 atom stereocenters. The molecule has 1 heterocycles. The molecule has 1 amide bonds. The first kappa shape index (κ1) is 10.7. The summed E-state index contributed by atoms with van der Waals surface area (Å²) in [6.07, 6.45) is 0.623. The summed E-state index contributed by atoms with van der Waals surface area (Å²) in [6.45, 7) is 3.79. The van der Waals surface area contributed by atoms with Crippen LogP contribution in [0.2, 0.25) is 0 Å². The molecule has 0 fully saturated rings. The minimum atomic E-state index is -0.461. The molecule has 0 aliphatic heterocycles. The second-order valence-corrected chi connectivity index (χ2v) is 3.30. The van der Waals surface area contributed by atoms with Gasteiger partial charge in [0.25, 0.3) is 0 Å². The number of nitrogens with two attached hydrogens (primary N) is 1. The topological polar surface area (TPSA) is 72.9 Å². The molecule has 1 unspecified atom stereocenters. The maximum absolute atomic E-state index is 11.4. The minimum Gasteiger partial charge on any atom is -0.320 e. The van der Waals surface area contributed by atoms with Gasteiger partial charge in [-0.3, -0.25) is 9.48 Å². The lowest BCUT2D eigenvalue weighted by Crippen LogP contribution is -2.34. The van der Waals surface area contributed by atoms with Crippen LogP contribution < -0.4 is 11.1 Å². The Bertz CT molecular complexity index is 312. The first-order valence-electron chi connectivity index (χ1n) is 4.61. The van der Waals surface area contributed by atoms with Crippen LogP contribution in [0.1, 0.15) is 19.0 Å². The average molecular weight is 196 g/mol. The van der Waals surface area contributed by atoms with Crippen LogP contribution in [-0.4, -0.2) is 21.7 Å². The maximum Gasteiger partial charge on any atom is 0.242 e. The zero-order valence-corrected chi connectivity index (χ0v) is 8.74. The van der Waals surface area contributed by atoms with Crippen LogP contribution in [-0.2, 0) is 11.8 Å². The standard InChI is InChI=1S/C9H16N4O/c1-4-7(10)9(14)11-8-5-6(2)13(3)12-8/h5,7H,4,10H2,1-3H3,(H,11,12,14). The van der Waals surface area contributed by atoms with E-state index >= 15 is 0 Å². The molecule has 1 aromatic rings. The highest BCUT2D eigenvalue weighted by atomic mass is 16.2. The summed E-state index contributed by atoms with van der Waals surface area (Å²) in [5, 5.41) is 6.75. The number of carbonyl (C=O) groups excluding carboxylic acids is 1. The number of nitrogens with zero attached hydrogens (tertiary/aromatic N) is 2. The Morgan fingerprint density at radius 2 is 2.43 bits per heavy atom. The molecule has 0 aliphatic rings. The molecule has 0 aromatic carbocycles. The third kappa shape index (κ3) is 2.32. The number of aryl methyl sites for hydroxylation is 2. The summed E-state index contributed by atoms with van der Waals surface area (Å²) in [4.78, 5) is 11.4. The van der Waals surface area contributed by atoms with Gasteiger partial charge >= 0.3 is 0 Å². The van der Waals surface area contributed by atoms with Crippen LogP contribution >= 0.6 is 0 Å². The van der Waals surface area contributed by atoms with Crippen molar-refractivity contribution in [2.75, 3.05) is 5.32 Å². The molecule has 5 nitrogen and oxygen atoms in total. The van der Waals surface area contributed by atoms with Crippen molar-refractivity contribution in [3.8, 4) is 0 Å². The summed E-state index contributed by atoms with van der Waals surface area (Å²) in [6, 6.07) is 1.35. The largest absolute Gasteiger partial charge is 0.320 e. The molecule has 0 bridgehead atoms. The number of nitrogens with one attached hydrogen (secondary N) is 1. The van der Waals surface area contributed by atoms with Gasteiger partial charge in [0, 0.05) is 18.8 Å². The number of rotatable bonds is 3. The van der Waals surface area contributed by atoms with Gasteiger partial charge in [0.15, 0.2) is 5.82 Å². The Kier molecular flexibility index (Phi) is 3.24. The predicted molar refractivity (Wildman–Crippen MR) is 54.8 cm³/mol. The lowest BCUT2D eigenvalue weighted by Gasteiger charge is -2.06. The first-order valence-corrected chi connectivity index (χ1v) is 4.61. The number of carbonyl (C=O) groups is 1. The molecule has 0 saturated carbocycles. The highest BCUT2D eigenvalue weighted by Crippen LogP contribution is 2.07. The number of anilines is 1. The number of amides is 1. The van der Waals surface area contributed by atoms with Crippen molar-refractivity contribution in [2.24, 2.45) is 12.8 Å². The van der Waals surface area contributed by atoms with E-state index in [0.29, 0.717) is 12.2 Å². The van der Waals surface area contributed by atoms with Crippen molar-refractivity contribution in [1.29, 1.82) is 0 Å². The number of hydrogen-bond donors (Lipinski definition) is 2. The van der Waals surface area contributed by atoms with E-state index in [1.165, 1.54) is 0 Å². The highest BCUT2D eigenvalue weighted by Gasteiger charge is 2.12. The summed E-state index contributed by atoms with van der Waals surface area (Å²) >= 11 is 0. The molecule has 3 N–H and O–H groups in total. The summed E-state index contributed by atoms with van der Waals surface area (Å²) in [5.41, 5.74) is 6.55. The fourth-order valence-corrected chi connectivity index (χ4v) is 1.03. The van der Waals surface area contributed by atoms with Gasteiger partial charge in [-0.25, -0.2) is 0 Å². The number of hydrogen-bond acceptors (Lipinski definition) is 3. The van der Waals surface area contributed by atoms with E-state index in [9.17, 15) is 4.79 Å². The Balaban J connectivity index is 2.65. The van der Waals surface area contributed by atoms with Gasteiger partial charge in [-0.05, 0) is 13.3 Å². The van der Waals surface area contributed by atoms with Gasteiger partial charge in [-0.1, -0.05) is 6.92 Å². The molecule has 78 valence electrons. The molecule has 1 rings (SSSR count).